The number of nitrogens with one attached hydrogen (secondary N) is 1. The monoisotopic (exact) mass is 286 g/mol. The largest absolute Gasteiger partial charge is 0.309 e. The molecule has 2 heterocycles. The number of carbonyl (C=O) groups is 1. The number of anilines is 1. The van der Waals surface area contributed by atoms with Gasteiger partial charge in [-0.3, -0.25) is 4.79 Å². The maximum Gasteiger partial charge on any atom is 0.229 e. The van der Waals surface area contributed by atoms with Gasteiger partial charge in [-0.25, -0.2) is 14.1 Å². The number of aromatic nitrogens is 3. The van der Waals surface area contributed by atoms with Crippen LogP contribution in [0.3, 0.4) is 0 Å². The first-order valence-corrected chi connectivity index (χ1v) is 7.15. The number of amides is 1. The van der Waals surface area contributed by atoms with Gasteiger partial charge in [-0.05, 0) is 36.8 Å². The zero-order chi connectivity index (χ0) is 14.4. The van der Waals surface area contributed by atoms with E-state index in [1.165, 1.54) is 42.3 Å². The Balaban J connectivity index is 1.48. The Morgan fingerprint density at radius 3 is 2.95 bits per heavy atom. The summed E-state index contributed by atoms with van der Waals surface area (Å²) in [7, 11) is 0. The zero-order valence-corrected chi connectivity index (χ0v) is 11.4. The van der Waals surface area contributed by atoms with Crippen molar-refractivity contribution in [3.63, 3.8) is 0 Å². The van der Waals surface area contributed by atoms with Crippen molar-refractivity contribution in [2.45, 2.75) is 25.7 Å². The molecule has 1 unspecified atom stereocenters. The molecule has 0 aliphatic heterocycles. The van der Waals surface area contributed by atoms with Crippen LogP contribution in [0.1, 0.15) is 25.7 Å². The molecule has 0 radical (unpaired) electrons. The summed E-state index contributed by atoms with van der Waals surface area (Å²) in [4.78, 5) is 16.1. The van der Waals surface area contributed by atoms with Crippen LogP contribution >= 0.6 is 0 Å². The molecule has 1 spiro atoms. The van der Waals surface area contributed by atoms with E-state index in [2.05, 4.69) is 15.4 Å². The van der Waals surface area contributed by atoms with Crippen LogP contribution in [-0.2, 0) is 4.79 Å². The first-order chi connectivity index (χ1) is 10.2. The van der Waals surface area contributed by atoms with Crippen molar-refractivity contribution in [2.24, 2.45) is 11.3 Å². The highest BCUT2D eigenvalue weighted by molar-refractivity contribution is 5.94. The van der Waals surface area contributed by atoms with Gasteiger partial charge >= 0.3 is 0 Å². The second kappa shape index (κ2) is 4.38. The molecule has 4 rings (SSSR count). The lowest BCUT2D eigenvalue weighted by atomic mass is 9.80. The first kappa shape index (κ1) is 12.5. The quantitative estimate of drug-likeness (QED) is 0.943. The fraction of sp³-hybridized carbons (Fsp3) is 0.400. The summed E-state index contributed by atoms with van der Waals surface area (Å²) in [6, 6.07) is 4.50. The molecule has 1 N–H and O–H groups in total. The Morgan fingerprint density at radius 1 is 1.43 bits per heavy atom. The van der Waals surface area contributed by atoms with Crippen LogP contribution in [0.2, 0.25) is 0 Å². The van der Waals surface area contributed by atoms with Crippen molar-refractivity contribution in [3.8, 4) is 5.82 Å². The standard InChI is InChI=1S/C15H15FN4O/c16-11-3-1-7-17-13(11)20-8-4-12(19-20)18-14(21)10-9-15(10)5-2-6-15/h1,3-4,7-8,10H,2,5-6,9H2,(H,18,19,21). The van der Waals surface area contributed by atoms with Gasteiger partial charge in [0.05, 0.1) is 0 Å². The van der Waals surface area contributed by atoms with Crippen molar-refractivity contribution in [1.82, 2.24) is 14.8 Å². The molecule has 2 fully saturated rings. The van der Waals surface area contributed by atoms with E-state index in [-0.39, 0.29) is 17.6 Å². The van der Waals surface area contributed by atoms with Gasteiger partial charge in [0.15, 0.2) is 17.5 Å². The number of carbonyl (C=O) groups excluding carboxylic acids is 1. The summed E-state index contributed by atoms with van der Waals surface area (Å²) in [6.45, 7) is 0. The van der Waals surface area contributed by atoms with Crippen molar-refractivity contribution in [2.75, 3.05) is 5.32 Å². The van der Waals surface area contributed by atoms with Crippen molar-refractivity contribution in [1.29, 1.82) is 0 Å². The number of hydrogen-bond donors (Lipinski definition) is 1. The topological polar surface area (TPSA) is 59.8 Å². The third-order valence-electron chi connectivity index (χ3n) is 4.65. The van der Waals surface area contributed by atoms with Gasteiger partial charge in [0.2, 0.25) is 5.91 Å². The van der Waals surface area contributed by atoms with E-state index in [1.807, 2.05) is 0 Å². The summed E-state index contributed by atoms with van der Waals surface area (Å²) in [5.74, 6) is 0.268. The Labute approximate surface area is 121 Å². The first-order valence-electron chi connectivity index (χ1n) is 7.15. The maximum absolute atomic E-state index is 13.6. The van der Waals surface area contributed by atoms with Crippen LogP contribution in [0, 0.1) is 17.2 Å². The Morgan fingerprint density at radius 2 is 2.29 bits per heavy atom. The SMILES string of the molecule is O=C(Nc1ccn(-c2ncccc2F)n1)C1CC12CCC2. The average Bonchev–Trinajstić information content (AvgIpc) is 3.07. The van der Waals surface area contributed by atoms with E-state index < -0.39 is 5.82 Å². The van der Waals surface area contributed by atoms with Gasteiger partial charge in [0.25, 0.3) is 0 Å². The molecule has 2 aliphatic rings. The molecule has 2 aromatic rings. The molecule has 108 valence electrons. The molecule has 1 atom stereocenters. The Hall–Kier alpha value is -2.24. The lowest BCUT2D eigenvalue weighted by Gasteiger charge is -2.26. The van der Waals surface area contributed by atoms with E-state index in [9.17, 15) is 9.18 Å². The van der Waals surface area contributed by atoms with Crippen LogP contribution in [0.5, 0.6) is 0 Å². The van der Waals surface area contributed by atoms with E-state index >= 15 is 0 Å². The lowest BCUT2D eigenvalue weighted by Crippen LogP contribution is -2.23. The number of hydrogen-bond acceptors (Lipinski definition) is 3. The smallest absolute Gasteiger partial charge is 0.229 e. The van der Waals surface area contributed by atoms with Gasteiger partial charge in [-0.15, -0.1) is 5.10 Å². The number of halogens is 1. The summed E-state index contributed by atoms with van der Waals surface area (Å²) < 4.78 is 15.0. The zero-order valence-electron chi connectivity index (χ0n) is 11.4. The lowest BCUT2D eigenvalue weighted by molar-refractivity contribution is -0.118. The van der Waals surface area contributed by atoms with Crippen LogP contribution in [0.4, 0.5) is 10.2 Å². The van der Waals surface area contributed by atoms with Gasteiger partial charge in [0.1, 0.15) is 0 Å². The normalized spacial score (nSPS) is 21.9. The minimum Gasteiger partial charge on any atom is -0.309 e. The summed E-state index contributed by atoms with van der Waals surface area (Å²) in [5, 5.41) is 6.98. The summed E-state index contributed by atoms with van der Waals surface area (Å²) in [6.07, 6.45) is 7.65. The van der Waals surface area contributed by atoms with Gasteiger partial charge in [-0.1, -0.05) is 6.42 Å². The molecule has 6 heteroatoms. The second-order valence-corrected chi connectivity index (χ2v) is 5.92. The fourth-order valence-corrected chi connectivity index (χ4v) is 3.17. The average molecular weight is 286 g/mol. The fourth-order valence-electron chi connectivity index (χ4n) is 3.17. The van der Waals surface area contributed by atoms with Crippen molar-refractivity contribution < 1.29 is 9.18 Å². The second-order valence-electron chi connectivity index (χ2n) is 5.92. The third kappa shape index (κ3) is 2.02. The molecule has 5 nitrogen and oxygen atoms in total. The molecule has 2 saturated carbocycles. The highest BCUT2D eigenvalue weighted by atomic mass is 19.1. The van der Waals surface area contributed by atoms with Crippen LogP contribution in [0.15, 0.2) is 30.6 Å². The minimum atomic E-state index is -0.450. The molecular formula is C15H15FN4O. The van der Waals surface area contributed by atoms with Crippen molar-refractivity contribution in [3.05, 3.63) is 36.4 Å². The number of nitrogens with zero attached hydrogens (tertiary/aromatic N) is 3. The molecule has 2 aromatic heterocycles. The van der Waals surface area contributed by atoms with Gasteiger partial charge in [0, 0.05) is 24.4 Å². The third-order valence-corrected chi connectivity index (χ3v) is 4.65. The summed E-state index contributed by atoms with van der Waals surface area (Å²) >= 11 is 0. The van der Waals surface area contributed by atoms with Crippen LogP contribution in [0.25, 0.3) is 5.82 Å². The van der Waals surface area contributed by atoms with E-state index in [0.717, 1.165) is 6.42 Å². The molecular weight excluding hydrogens is 271 g/mol. The number of pyridine rings is 1. The number of rotatable bonds is 3. The highest BCUT2D eigenvalue weighted by Gasteiger charge is 2.60. The minimum absolute atomic E-state index is 0.0291. The van der Waals surface area contributed by atoms with E-state index in [4.69, 9.17) is 0 Å². The van der Waals surface area contributed by atoms with E-state index in [0.29, 0.717) is 11.2 Å². The van der Waals surface area contributed by atoms with Gasteiger partial charge < -0.3 is 5.32 Å². The Bertz CT molecular complexity index is 707. The maximum atomic E-state index is 13.6. The predicted octanol–water partition coefficient (Wildman–Crippen LogP) is 2.54. The van der Waals surface area contributed by atoms with Crippen LogP contribution < -0.4 is 5.32 Å². The molecule has 0 saturated heterocycles. The van der Waals surface area contributed by atoms with Crippen LogP contribution in [-0.4, -0.2) is 20.7 Å². The molecule has 0 aromatic carbocycles. The van der Waals surface area contributed by atoms with Crippen molar-refractivity contribution >= 4 is 11.7 Å². The van der Waals surface area contributed by atoms with E-state index in [1.54, 1.807) is 12.3 Å². The molecule has 1 amide bonds. The Kier molecular flexibility index (Phi) is 2.60. The predicted molar refractivity (Wildman–Crippen MR) is 74.3 cm³/mol. The van der Waals surface area contributed by atoms with Gasteiger partial charge in [-0.2, -0.15) is 0 Å². The summed E-state index contributed by atoms with van der Waals surface area (Å²) in [5.41, 5.74) is 0.291. The molecule has 2 aliphatic carbocycles. The highest BCUT2D eigenvalue weighted by Crippen LogP contribution is 2.65. The molecule has 0 bridgehead atoms. The molecule has 21 heavy (non-hydrogen) atoms.